The fourth-order valence-electron chi connectivity index (χ4n) is 2.72. The van der Waals surface area contributed by atoms with E-state index in [1.54, 1.807) is 25.4 Å². The molecule has 1 N–H and O–H groups in total. The molecule has 0 radical (unpaired) electrons. The Morgan fingerprint density at radius 3 is 2.63 bits per heavy atom. The van der Waals surface area contributed by atoms with E-state index in [-0.39, 0.29) is 5.97 Å². The SMILES string of the molecule is C/C=C(/Nc1ccc(-c2cnco2)c(OC)c1)c1cccc(C(=O)OC)c1. The second-order valence-corrected chi connectivity index (χ2v) is 5.68. The van der Waals surface area contributed by atoms with E-state index < -0.39 is 0 Å². The van der Waals surface area contributed by atoms with Crippen LogP contribution in [0, 0.1) is 0 Å². The number of allylic oxidation sites excluding steroid dienone is 1. The van der Waals surface area contributed by atoms with E-state index >= 15 is 0 Å². The first-order chi connectivity index (χ1) is 13.2. The molecule has 6 nitrogen and oxygen atoms in total. The maximum Gasteiger partial charge on any atom is 0.337 e. The van der Waals surface area contributed by atoms with Gasteiger partial charge in [0.2, 0.25) is 0 Å². The lowest BCUT2D eigenvalue weighted by Gasteiger charge is -2.14. The number of ether oxygens (including phenoxy) is 2. The van der Waals surface area contributed by atoms with Crippen molar-refractivity contribution in [2.24, 2.45) is 0 Å². The number of esters is 1. The van der Waals surface area contributed by atoms with Crippen LogP contribution in [0.1, 0.15) is 22.8 Å². The number of nitrogens with zero attached hydrogens (tertiary/aromatic N) is 1. The number of aromatic nitrogens is 1. The summed E-state index contributed by atoms with van der Waals surface area (Å²) in [6.45, 7) is 1.92. The normalized spacial score (nSPS) is 11.1. The van der Waals surface area contributed by atoms with Crippen LogP contribution in [0.2, 0.25) is 0 Å². The summed E-state index contributed by atoms with van der Waals surface area (Å²) in [7, 11) is 2.97. The van der Waals surface area contributed by atoms with Gasteiger partial charge in [-0.1, -0.05) is 18.2 Å². The van der Waals surface area contributed by atoms with Crippen molar-refractivity contribution in [2.45, 2.75) is 6.92 Å². The van der Waals surface area contributed by atoms with Gasteiger partial charge in [0.15, 0.2) is 12.2 Å². The molecule has 0 aliphatic carbocycles. The van der Waals surface area contributed by atoms with Crippen LogP contribution in [-0.2, 0) is 4.74 Å². The van der Waals surface area contributed by atoms with Gasteiger partial charge in [-0.05, 0) is 36.8 Å². The summed E-state index contributed by atoms with van der Waals surface area (Å²) in [5.41, 5.74) is 3.88. The summed E-state index contributed by atoms with van der Waals surface area (Å²) in [6, 6.07) is 13.0. The third-order valence-corrected chi connectivity index (χ3v) is 4.06. The molecule has 0 unspecified atom stereocenters. The van der Waals surface area contributed by atoms with Crippen molar-refractivity contribution in [2.75, 3.05) is 19.5 Å². The summed E-state index contributed by atoms with van der Waals surface area (Å²) >= 11 is 0. The Kier molecular flexibility index (Phi) is 5.56. The lowest BCUT2D eigenvalue weighted by molar-refractivity contribution is 0.0600. The van der Waals surface area contributed by atoms with E-state index in [2.05, 4.69) is 10.3 Å². The van der Waals surface area contributed by atoms with Gasteiger partial charge in [-0.15, -0.1) is 0 Å². The molecule has 6 heteroatoms. The summed E-state index contributed by atoms with van der Waals surface area (Å²) in [4.78, 5) is 15.7. The van der Waals surface area contributed by atoms with Crippen molar-refractivity contribution in [1.82, 2.24) is 4.98 Å². The van der Waals surface area contributed by atoms with Gasteiger partial charge in [0.25, 0.3) is 0 Å². The Balaban J connectivity index is 1.88. The first-order valence-corrected chi connectivity index (χ1v) is 8.35. The Hall–Kier alpha value is -3.54. The van der Waals surface area contributed by atoms with Crippen molar-refractivity contribution >= 4 is 17.4 Å². The highest BCUT2D eigenvalue weighted by molar-refractivity contribution is 5.91. The number of nitrogens with one attached hydrogen (secondary N) is 1. The molecule has 0 aliphatic heterocycles. The summed E-state index contributed by atoms with van der Waals surface area (Å²) < 4.78 is 15.6. The molecule has 0 fully saturated rings. The van der Waals surface area contributed by atoms with Crippen LogP contribution >= 0.6 is 0 Å². The predicted molar refractivity (Wildman–Crippen MR) is 104 cm³/mol. The minimum atomic E-state index is -0.370. The van der Waals surface area contributed by atoms with Crippen molar-refractivity contribution in [3.8, 4) is 17.1 Å². The minimum absolute atomic E-state index is 0.370. The predicted octanol–water partition coefficient (Wildman–Crippen LogP) is 4.61. The molecule has 3 rings (SSSR count). The Labute approximate surface area is 157 Å². The number of carbonyl (C=O) groups is 1. The average molecular weight is 364 g/mol. The van der Waals surface area contributed by atoms with E-state index in [0.29, 0.717) is 17.1 Å². The number of hydrogen-bond donors (Lipinski definition) is 1. The molecule has 0 spiro atoms. The zero-order valence-corrected chi connectivity index (χ0v) is 15.4. The molecule has 3 aromatic rings. The van der Waals surface area contributed by atoms with E-state index in [1.807, 2.05) is 43.3 Å². The number of methoxy groups -OCH3 is 2. The highest BCUT2D eigenvalue weighted by Crippen LogP contribution is 2.33. The van der Waals surface area contributed by atoms with Gasteiger partial charge in [0.1, 0.15) is 5.75 Å². The minimum Gasteiger partial charge on any atom is -0.496 e. The van der Waals surface area contributed by atoms with Gasteiger partial charge >= 0.3 is 5.97 Å². The Morgan fingerprint density at radius 2 is 1.96 bits per heavy atom. The zero-order chi connectivity index (χ0) is 19.2. The molecule has 0 aliphatic rings. The van der Waals surface area contributed by atoms with Crippen molar-refractivity contribution in [3.05, 3.63) is 72.3 Å². The number of anilines is 1. The van der Waals surface area contributed by atoms with E-state index in [9.17, 15) is 4.79 Å². The summed E-state index contributed by atoms with van der Waals surface area (Å²) in [5, 5.41) is 3.36. The molecule has 1 aromatic heterocycles. The third-order valence-electron chi connectivity index (χ3n) is 4.06. The highest BCUT2D eigenvalue weighted by Gasteiger charge is 2.12. The van der Waals surface area contributed by atoms with Crippen LogP contribution < -0.4 is 10.1 Å². The Bertz CT molecular complexity index is 962. The molecule has 0 bridgehead atoms. The lowest BCUT2D eigenvalue weighted by Crippen LogP contribution is -2.04. The van der Waals surface area contributed by atoms with E-state index in [0.717, 1.165) is 22.5 Å². The molecule has 2 aromatic carbocycles. The highest BCUT2D eigenvalue weighted by atomic mass is 16.5. The van der Waals surface area contributed by atoms with Crippen molar-refractivity contribution in [3.63, 3.8) is 0 Å². The second kappa shape index (κ2) is 8.23. The van der Waals surface area contributed by atoms with Crippen molar-refractivity contribution < 1.29 is 18.7 Å². The monoisotopic (exact) mass is 364 g/mol. The molecule has 0 saturated carbocycles. The maximum absolute atomic E-state index is 11.8. The summed E-state index contributed by atoms with van der Waals surface area (Å²) in [5.74, 6) is 0.927. The third kappa shape index (κ3) is 4.00. The van der Waals surface area contributed by atoms with Gasteiger partial charge in [-0.2, -0.15) is 0 Å². The summed E-state index contributed by atoms with van der Waals surface area (Å²) in [6.07, 6.45) is 4.96. The smallest absolute Gasteiger partial charge is 0.337 e. The molecular formula is C21H20N2O4. The van der Waals surface area contributed by atoms with Gasteiger partial charge in [-0.3, -0.25) is 0 Å². The van der Waals surface area contributed by atoms with Crippen molar-refractivity contribution in [1.29, 1.82) is 0 Å². The second-order valence-electron chi connectivity index (χ2n) is 5.68. The standard InChI is InChI=1S/C21H20N2O4/c1-4-18(14-6-5-7-15(10-14)21(24)26-3)23-16-8-9-17(19(11-16)25-2)20-12-22-13-27-20/h4-13,23H,1-3H3/b18-4+. The first kappa shape index (κ1) is 18.3. The van der Waals surface area contributed by atoms with Crippen LogP contribution in [0.3, 0.4) is 0 Å². The average Bonchev–Trinajstić information content (AvgIpc) is 3.25. The van der Waals surface area contributed by atoms with Crippen LogP contribution in [0.5, 0.6) is 5.75 Å². The van der Waals surface area contributed by atoms with Gasteiger partial charge < -0.3 is 19.2 Å². The van der Waals surface area contributed by atoms with Crippen LogP contribution in [-0.4, -0.2) is 25.2 Å². The van der Waals surface area contributed by atoms with Gasteiger partial charge in [-0.25, -0.2) is 9.78 Å². The lowest BCUT2D eigenvalue weighted by atomic mass is 10.1. The molecule has 0 atom stereocenters. The topological polar surface area (TPSA) is 73.6 Å². The first-order valence-electron chi connectivity index (χ1n) is 8.35. The van der Waals surface area contributed by atoms with Crippen LogP contribution in [0.4, 0.5) is 5.69 Å². The molecule has 138 valence electrons. The van der Waals surface area contributed by atoms with Crippen LogP contribution in [0.15, 0.2) is 65.5 Å². The maximum atomic E-state index is 11.8. The molecular weight excluding hydrogens is 344 g/mol. The van der Waals surface area contributed by atoms with E-state index in [4.69, 9.17) is 13.9 Å². The number of hydrogen-bond acceptors (Lipinski definition) is 6. The molecule has 1 heterocycles. The van der Waals surface area contributed by atoms with Gasteiger partial charge in [0.05, 0.1) is 31.5 Å². The fourth-order valence-corrected chi connectivity index (χ4v) is 2.72. The molecule has 0 amide bonds. The molecule has 0 saturated heterocycles. The largest absolute Gasteiger partial charge is 0.496 e. The number of oxazole rings is 1. The zero-order valence-electron chi connectivity index (χ0n) is 15.4. The Morgan fingerprint density at radius 1 is 1.15 bits per heavy atom. The number of carbonyl (C=O) groups excluding carboxylic acids is 1. The fraction of sp³-hybridized carbons (Fsp3) is 0.143. The van der Waals surface area contributed by atoms with E-state index in [1.165, 1.54) is 13.5 Å². The molecule has 27 heavy (non-hydrogen) atoms. The number of benzene rings is 2. The quantitative estimate of drug-likeness (QED) is 0.644. The van der Waals surface area contributed by atoms with Gasteiger partial charge in [0, 0.05) is 17.5 Å². The van der Waals surface area contributed by atoms with Crippen LogP contribution in [0.25, 0.3) is 17.0 Å². The number of rotatable bonds is 6.